The molecule has 8 aromatic rings. The van der Waals surface area contributed by atoms with Crippen LogP contribution in [-0.2, 0) is 33.5 Å². The average molecular weight is 1580 g/mol. The highest BCUT2D eigenvalue weighted by molar-refractivity contribution is 6.36. The number of nitrogens with zero attached hydrogens (tertiary/aromatic N) is 4. The van der Waals surface area contributed by atoms with E-state index >= 15 is 0 Å². The maximum absolute atomic E-state index is 13.8. The van der Waals surface area contributed by atoms with Crippen LogP contribution in [0.1, 0.15) is 258 Å². The molecule has 0 aliphatic heterocycles. The van der Waals surface area contributed by atoms with Crippen LogP contribution in [0.15, 0.2) is 97.6 Å². The van der Waals surface area contributed by atoms with E-state index in [1.54, 1.807) is 46.5 Å². The van der Waals surface area contributed by atoms with Gasteiger partial charge in [0.05, 0.1) is 73.2 Å². The largest absolute Gasteiger partial charge is 0.390 e. The molecule has 2 N–H and O–H groups in total. The van der Waals surface area contributed by atoms with E-state index in [1.807, 2.05) is 104 Å². The molecule has 8 heterocycles. The lowest BCUT2D eigenvalue weighted by Gasteiger charge is -2.41. The first-order chi connectivity index (χ1) is 51.2. The monoisotopic (exact) mass is 1580 g/mol. The van der Waals surface area contributed by atoms with Crippen LogP contribution < -0.4 is 0 Å². The molecule has 5 aliphatic rings. The number of hydrogen-bond donors (Lipinski definition) is 2. The number of alkyl halides is 6. The second kappa shape index (κ2) is 36.4. The summed E-state index contributed by atoms with van der Waals surface area (Å²) >= 11 is 25.5. The predicted octanol–water partition coefficient (Wildman–Crippen LogP) is 22.5. The molecule has 23 heteroatoms. The quantitative estimate of drug-likeness (QED) is 0.0398. The van der Waals surface area contributed by atoms with Crippen molar-refractivity contribution in [2.24, 2.45) is 29.1 Å². The van der Waals surface area contributed by atoms with Gasteiger partial charge in [-0.15, -0.1) is 0 Å². The molecule has 0 saturated heterocycles. The fourth-order valence-corrected chi connectivity index (χ4v) is 18.3. The van der Waals surface area contributed by atoms with Gasteiger partial charge in [0.2, 0.25) is 11.8 Å². The number of aromatic nitrogens is 4. The number of Topliss-reactive ketones (excluding diaryl/α,β-unsaturated/α-hetero) is 4. The highest BCUT2D eigenvalue weighted by Crippen LogP contribution is 2.47. The van der Waals surface area contributed by atoms with Crippen LogP contribution in [0.3, 0.4) is 0 Å². The van der Waals surface area contributed by atoms with E-state index in [9.17, 15) is 55.7 Å². The standard InChI is InChI=1S/C22H30ClNO3.C21H24ClF2NO2.2C21H26ClF2NO2/c1-21(2)9-5-10-22(26,15-21)11-7-19(25)17-14-16(8-13-27-3)24-12-4-6-18(23)20(17)24;22-16-5-2-12-25-17(14-3-1-4-14)13-15(19(16)25)18(26)6-7-20(27)8-10-21(23,24)11-9-20;1-14-12-15(7-9-21(14,23)24)5-6-19(26)17-13-16(8-11-27-2)25-10-3-4-18(22)20(17)25;1-14-10-15(13-21(23,24)12-14)5-6-19(26)17-11-16(7-9-27-2)25-8-3-4-18(22)20(17)25/h4,6,12,14,26H,5,7-11,13,15H2,1-3H3;2,5,12-14,27H,1,3-4,6-11H2;3-4,10,13-15H,5-9,11-12H2,1-2H3;3-4,8,11,14-15H,5-7,9-10,12-13H2,1-2H3. The summed E-state index contributed by atoms with van der Waals surface area (Å²) in [6, 6.07) is 22.2. The molecule has 5 saturated carbocycles. The van der Waals surface area contributed by atoms with E-state index < -0.39 is 34.9 Å². The molecule has 5 fully saturated rings. The van der Waals surface area contributed by atoms with Crippen molar-refractivity contribution in [1.82, 2.24) is 17.6 Å². The van der Waals surface area contributed by atoms with Gasteiger partial charge >= 0.3 is 0 Å². The van der Waals surface area contributed by atoms with Gasteiger partial charge in [-0.2, -0.15) is 0 Å². The van der Waals surface area contributed by atoms with Gasteiger partial charge in [0, 0.05) is 174 Å². The number of carbonyl (C=O) groups is 4. The van der Waals surface area contributed by atoms with Gasteiger partial charge in [-0.25, -0.2) is 26.3 Å². The Morgan fingerprint density at radius 1 is 0.481 bits per heavy atom. The lowest BCUT2D eigenvalue weighted by Crippen LogP contribution is -2.39. The summed E-state index contributed by atoms with van der Waals surface area (Å²) in [7, 11) is 4.94. The van der Waals surface area contributed by atoms with E-state index in [-0.39, 0.29) is 111 Å². The summed E-state index contributed by atoms with van der Waals surface area (Å²) in [4.78, 5) is 51.8. The lowest BCUT2D eigenvalue weighted by molar-refractivity contribution is -0.105. The Kier molecular flexibility index (Phi) is 28.5. The predicted molar refractivity (Wildman–Crippen MR) is 416 cm³/mol. The average Bonchev–Trinajstić information content (AvgIpc) is 1.62. The molecule has 13 rings (SSSR count). The molecule has 108 heavy (non-hydrogen) atoms. The fraction of sp³-hybridized carbons (Fsp3) is 0.576. The number of carbonyl (C=O) groups excluding carboxylic acids is 4. The Balaban J connectivity index is 0.000000154. The van der Waals surface area contributed by atoms with Gasteiger partial charge in [0.15, 0.2) is 23.1 Å². The van der Waals surface area contributed by atoms with Gasteiger partial charge in [0.25, 0.3) is 5.92 Å². The van der Waals surface area contributed by atoms with Crippen molar-refractivity contribution < 1.29 is 69.9 Å². The summed E-state index contributed by atoms with van der Waals surface area (Å²) in [5.41, 5.74) is 7.56. The van der Waals surface area contributed by atoms with Crippen molar-refractivity contribution >= 4 is 91.6 Å². The second-order valence-corrected chi connectivity index (χ2v) is 34.0. The number of pyridine rings is 4. The first-order valence-corrected chi connectivity index (χ1v) is 40.0. The highest BCUT2D eigenvalue weighted by atomic mass is 35.5. The Bertz CT molecular complexity index is 4430. The van der Waals surface area contributed by atoms with Crippen molar-refractivity contribution in [2.75, 3.05) is 41.2 Å². The van der Waals surface area contributed by atoms with Crippen LogP contribution in [0.2, 0.25) is 20.1 Å². The zero-order chi connectivity index (χ0) is 78.1. The number of ketones is 4. The molecule has 5 unspecified atom stereocenters. The smallest absolute Gasteiger partial charge is 0.250 e. The SMILES string of the molecule is COCCc1cc(C(=O)CCC2(O)CCCC(C)(C)C2)c2c(Cl)cccn12.COCCc1cc(C(=O)CCC2CC(C)CC(F)(F)C2)c2c(Cl)cccn12.COCCc1cc(C(=O)CCC2CCC(F)(F)C(C)C2)c2c(Cl)cccn12.O=C(CCC1(O)CCC(F)(F)CC1)c1cc(C2CCC2)n2cccc(Cl)c12. The van der Waals surface area contributed by atoms with Gasteiger partial charge in [0.1, 0.15) is 0 Å². The number of methoxy groups -OCH3 is 3. The minimum absolute atomic E-state index is 0.000691. The molecule has 8 aromatic heterocycles. The zero-order valence-electron chi connectivity index (χ0n) is 63.4. The second-order valence-electron chi connectivity index (χ2n) is 32.3. The molecule has 0 radical (unpaired) electrons. The van der Waals surface area contributed by atoms with E-state index in [2.05, 4.69) is 13.8 Å². The molecular weight excluding hydrogens is 1480 g/mol. The van der Waals surface area contributed by atoms with E-state index in [0.717, 1.165) is 78.8 Å². The molecular formula is C85H106Cl4F6N4O9. The Labute approximate surface area is 650 Å². The normalized spacial score (nSPS) is 22.2. The maximum atomic E-state index is 13.8. The molecule has 590 valence electrons. The molecule has 13 nitrogen and oxygen atoms in total. The minimum Gasteiger partial charge on any atom is -0.390 e. The van der Waals surface area contributed by atoms with E-state index in [0.29, 0.717) is 143 Å². The summed E-state index contributed by atoms with van der Waals surface area (Å²) in [5.74, 6) is -8.02. The zero-order valence-corrected chi connectivity index (χ0v) is 66.4. The number of halogens is 10. The van der Waals surface area contributed by atoms with Crippen molar-refractivity contribution in [3.63, 3.8) is 0 Å². The summed E-state index contributed by atoms with van der Waals surface area (Å²) < 4.78 is 105. The Morgan fingerprint density at radius 3 is 1.31 bits per heavy atom. The van der Waals surface area contributed by atoms with E-state index in [1.165, 1.54) is 6.42 Å². The highest BCUT2D eigenvalue weighted by Gasteiger charge is 2.45. The van der Waals surface area contributed by atoms with Gasteiger partial charge in [-0.3, -0.25) is 19.2 Å². The van der Waals surface area contributed by atoms with Crippen molar-refractivity contribution in [1.29, 1.82) is 0 Å². The van der Waals surface area contributed by atoms with Crippen molar-refractivity contribution in [3.05, 3.63) is 163 Å². The van der Waals surface area contributed by atoms with Gasteiger partial charge in [-0.1, -0.05) is 86.9 Å². The van der Waals surface area contributed by atoms with Crippen molar-refractivity contribution in [2.45, 2.75) is 242 Å². The minimum atomic E-state index is -2.69. The van der Waals surface area contributed by atoms with Crippen LogP contribution in [0.25, 0.3) is 22.1 Å². The third-order valence-electron chi connectivity index (χ3n) is 23.3. The first kappa shape index (κ1) is 84.7. The van der Waals surface area contributed by atoms with Crippen molar-refractivity contribution in [3.8, 4) is 0 Å². The maximum Gasteiger partial charge on any atom is 0.250 e. The summed E-state index contributed by atoms with van der Waals surface area (Å²) in [6.07, 6.45) is 20.7. The van der Waals surface area contributed by atoms with Crippen LogP contribution in [-0.4, -0.2) is 121 Å². The Hall–Kier alpha value is -5.74. The fourth-order valence-electron chi connectivity index (χ4n) is 17.2. The molecule has 0 spiro atoms. The number of aliphatic hydroxyl groups is 2. The molecule has 5 aliphatic carbocycles. The number of fused-ring (bicyclic) bond motifs is 4. The van der Waals surface area contributed by atoms with Gasteiger partial charge in [-0.05, 0) is 192 Å². The van der Waals surface area contributed by atoms with Crippen LogP contribution >= 0.6 is 46.4 Å². The molecule has 5 atom stereocenters. The third-order valence-corrected chi connectivity index (χ3v) is 24.5. The lowest BCUT2D eigenvalue weighted by atomic mass is 9.68. The third kappa shape index (κ3) is 21.1. The summed E-state index contributed by atoms with van der Waals surface area (Å²) in [6.45, 7) is 9.55. The number of hydrogen-bond acceptors (Lipinski definition) is 9. The number of ether oxygens (including phenoxy) is 3. The molecule has 0 amide bonds. The van der Waals surface area contributed by atoms with E-state index in [4.69, 9.17) is 60.6 Å². The first-order valence-electron chi connectivity index (χ1n) is 38.5. The molecule has 0 bridgehead atoms. The summed E-state index contributed by atoms with van der Waals surface area (Å²) in [5, 5.41) is 23.7. The molecule has 0 aromatic carbocycles. The number of rotatable bonds is 26. The Morgan fingerprint density at radius 2 is 0.898 bits per heavy atom. The van der Waals surface area contributed by atoms with Crippen LogP contribution in [0.5, 0.6) is 0 Å². The van der Waals surface area contributed by atoms with Gasteiger partial charge < -0.3 is 42.0 Å². The van der Waals surface area contributed by atoms with Crippen LogP contribution in [0.4, 0.5) is 26.3 Å². The van der Waals surface area contributed by atoms with Crippen LogP contribution in [0, 0.1) is 29.1 Å². The topological polar surface area (TPSA) is 154 Å².